The van der Waals surface area contributed by atoms with Crippen LogP contribution in [0.25, 0.3) is 0 Å². The second kappa shape index (κ2) is 6.51. The molecular weight excluding hydrogens is 319 g/mol. The molecule has 0 radical (unpaired) electrons. The fourth-order valence-corrected chi connectivity index (χ4v) is 2.51. The molecular formula is C17H18BrFO. The summed E-state index contributed by atoms with van der Waals surface area (Å²) in [6, 6.07) is 12.5. The van der Waals surface area contributed by atoms with Crippen molar-refractivity contribution < 1.29 is 9.50 Å². The molecule has 0 aliphatic heterocycles. The lowest BCUT2D eigenvalue weighted by Gasteiger charge is -2.14. The molecule has 1 nitrogen and oxygen atoms in total. The van der Waals surface area contributed by atoms with Crippen LogP contribution in [0.3, 0.4) is 0 Å². The van der Waals surface area contributed by atoms with E-state index in [1.165, 1.54) is 11.6 Å². The molecule has 0 aromatic heterocycles. The molecule has 0 spiro atoms. The minimum Gasteiger partial charge on any atom is -0.384 e. The van der Waals surface area contributed by atoms with Gasteiger partial charge < -0.3 is 5.11 Å². The Kier molecular flexibility index (Phi) is 4.95. The zero-order valence-corrected chi connectivity index (χ0v) is 13.2. The lowest BCUT2D eigenvalue weighted by Crippen LogP contribution is -2.01. The van der Waals surface area contributed by atoms with Gasteiger partial charge in [0.05, 0.1) is 4.47 Å². The van der Waals surface area contributed by atoms with Crippen molar-refractivity contribution in [1.82, 2.24) is 0 Å². The first kappa shape index (κ1) is 15.2. The summed E-state index contributed by atoms with van der Waals surface area (Å²) in [6.07, 6.45) is 0.352. The van der Waals surface area contributed by atoms with E-state index in [9.17, 15) is 9.50 Å². The number of aliphatic hydroxyl groups is 1. The van der Waals surface area contributed by atoms with Crippen molar-refractivity contribution in [3.8, 4) is 0 Å². The molecule has 2 aromatic carbocycles. The Labute approximate surface area is 127 Å². The van der Waals surface area contributed by atoms with E-state index in [-0.39, 0.29) is 5.82 Å². The molecule has 3 heteroatoms. The number of halogens is 2. The van der Waals surface area contributed by atoms with Crippen LogP contribution in [0.15, 0.2) is 46.9 Å². The maximum absolute atomic E-state index is 13.2. The molecule has 2 aromatic rings. The van der Waals surface area contributed by atoms with Gasteiger partial charge in [-0.05, 0) is 57.1 Å². The lowest BCUT2D eigenvalue weighted by atomic mass is 9.95. The molecule has 0 heterocycles. The van der Waals surface area contributed by atoms with Gasteiger partial charge >= 0.3 is 0 Å². The summed E-state index contributed by atoms with van der Waals surface area (Å²) in [7, 11) is 0. The van der Waals surface area contributed by atoms with Gasteiger partial charge in [0.15, 0.2) is 0 Å². The molecule has 0 bridgehead atoms. The van der Waals surface area contributed by atoms with E-state index in [1.807, 2.05) is 24.3 Å². The first-order valence-corrected chi connectivity index (χ1v) is 7.55. The fourth-order valence-electron chi connectivity index (χ4n) is 2.12. The van der Waals surface area contributed by atoms with E-state index < -0.39 is 6.10 Å². The summed E-state index contributed by atoms with van der Waals surface area (Å²) in [5, 5.41) is 10.4. The van der Waals surface area contributed by atoms with Crippen molar-refractivity contribution >= 4 is 15.9 Å². The van der Waals surface area contributed by atoms with E-state index in [0.29, 0.717) is 16.0 Å². The highest BCUT2D eigenvalue weighted by atomic mass is 79.9. The third-order valence-corrected chi connectivity index (χ3v) is 4.30. The van der Waals surface area contributed by atoms with Gasteiger partial charge in [-0.1, -0.05) is 44.2 Å². The van der Waals surface area contributed by atoms with E-state index >= 15 is 0 Å². The van der Waals surface area contributed by atoms with Crippen molar-refractivity contribution in [1.29, 1.82) is 0 Å². The second-order valence-corrected chi connectivity index (χ2v) is 5.91. The Morgan fingerprint density at radius 2 is 1.60 bits per heavy atom. The van der Waals surface area contributed by atoms with Crippen LogP contribution in [-0.2, 0) is 0 Å². The Hall–Kier alpha value is -1.19. The molecule has 20 heavy (non-hydrogen) atoms. The number of rotatable bonds is 4. The normalized spacial score (nSPS) is 14.1. The molecule has 0 fully saturated rings. The van der Waals surface area contributed by atoms with Gasteiger partial charge in [0.2, 0.25) is 0 Å². The number of aliphatic hydroxyl groups excluding tert-OH is 1. The maximum atomic E-state index is 13.2. The average molecular weight is 337 g/mol. The first-order chi connectivity index (χ1) is 9.52. The highest BCUT2D eigenvalue weighted by Gasteiger charge is 2.13. The minimum absolute atomic E-state index is 0.326. The summed E-state index contributed by atoms with van der Waals surface area (Å²) in [5.41, 5.74) is 2.76. The third-order valence-electron chi connectivity index (χ3n) is 3.69. The summed E-state index contributed by atoms with van der Waals surface area (Å²) >= 11 is 3.14. The van der Waals surface area contributed by atoms with Crippen LogP contribution in [0.4, 0.5) is 4.39 Å². The second-order valence-electron chi connectivity index (χ2n) is 5.05. The monoisotopic (exact) mass is 336 g/mol. The smallest absolute Gasteiger partial charge is 0.137 e. The predicted molar refractivity (Wildman–Crippen MR) is 83.3 cm³/mol. The van der Waals surface area contributed by atoms with Crippen molar-refractivity contribution in [2.75, 3.05) is 0 Å². The van der Waals surface area contributed by atoms with Crippen LogP contribution in [0.1, 0.15) is 49.0 Å². The van der Waals surface area contributed by atoms with E-state index in [4.69, 9.17) is 0 Å². The van der Waals surface area contributed by atoms with Gasteiger partial charge in [-0.25, -0.2) is 4.39 Å². The van der Waals surface area contributed by atoms with Crippen molar-refractivity contribution in [3.05, 3.63) is 69.4 Å². The first-order valence-electron chi connectivity index (χ1n) is 6.75. The van der Waals surface area contributed by atoms with Crippen molar-refractivity contribution in [2.24, 2.45) is 0 Å². The molecule has 0 aliphatic carbocycles. The molecule has 0 amide bonds. The molecule has 2 unspecified atom stereocenters. The van der Waals surface area contributed by atoms with Crippen LogP contribution in [0, 0.1) is 5.82 Å². The van der Waals surface area contributed by atoms with E-state index in [2.05, 4.69) is 29.8 Å². The average Bonchev–Trinajstić information content (AvgIpc) is 2.48. The summed E-state index contributed by atoms with van der Waals surface area (Å²) in [4.78, 5) is 0. The zero-order chi connectivity index (χ0) is 14.7. The number of hydrogen-bond donors (Lipinski definition) is 1. The Morgan fingerprint density at radius 1 is 1.05 bits per heavy atom. The van der Waals surface area contributed by atoms with E-state index in [1.54, 1.807) is 12.1 Å². The van der Waals surface area contributed by atoms with Gasteiger partial charge in [0, 0.05) is 0 Å². The topological polar surface area (TPSA) is 20.2 Å². The van der Waals surface area contributed by atoms with Crippen molar-refractivity contribution in [2.45, 2.75) is 32.3 Å². The fraction of sp³-hybridized carbons (Fsp3) is 0.294. The molecule has 0 aliphatic rings. The molecule has 2 rings (SSSR count). The SMILES string of the molecule is CCC(C)c1ccc(C(O)c2ccc(F)c(Br)c2)cc1. The largest absolute Gasteiger partial charge is 0.384 e. The Morgan fingerprint density at radius 3 is 2.15 bits per heavy atom. The molecule has 0 saturated carbocycles. The molecule has 2 atom stereocenters. The van der Waals surface area contributed by atoms with Gasteiger partial charge in [-0.2, -0.15) is 0 Å². The number of benzene rings is 2. The predicted octanol–water partition coefficient (Wildman–Crippen LogP) is 5.18. The van der Waals surface area contributed by atoms with Crippen LogP contribution >= 0.6 is 15.9 Å². The Balaban J connectivity index is 2.24. The minimum atomic E-state index is -0.738. The van der Waals surface area contributed by atoms with Crippen LogP contribution in [-0.4, -0.2) is 5.11 Å². The zero-order valence-electron chi connectivity index (χ0n) is 11.6. The molecule has 0 saturated heterocycles. The Bertz CT molecular complexity index is 580. The molecule has 1 N–H and O–H groups in total. The van der Waals surface area contributed by atoms with Crippen molar-refractivity contribution in [3.63, 3.8) is 0 Å². The summed E-state index contributed by atoms with van der Waals surface area (Å²) in [5.74, 6) is 0.189. The highest BCUT2D eigenvalue weighted by molar-refractivity contribution is 9.10. The summed E-state index contributed by atoms with van der Waals surface area (Å²) in [6.45, 7) is 4.34. The number of hydrogen-bond acceptors (Lipinski definition) is 1. The molecule has 106 valence electrons. The van der Waals surface area contributed by atoms with Crippen LogP contribution in [0.5, 0.6) is 0 Å². The van der Waals surface area contributed by atoms with Gasteiger partial charge in [0.25, 0.3) is 0 Å². The van der Waals surface area contributed by atoms with Gasteiger partial charge in [-0.3, -0.25) is 0 Å². The standard InChI is InChI=1S/C17H18BrFO/c1-3-11(2)12-4-6-13(7-5-12)17(20)14-8-9-16(19)15(18)10-14/h4-11,17,20H,3H2,1-2H3. The highest BCUT2D eigenvalue weighted by Crippen LogP contribution is 2.27. The maximum Gasteiger partial charge on any atom is 0.137 e. The third kappa shape index (κ3) is 3.28. The van der Waals surface area contributed by atoms with Crippen LogP contribution < -0.4 is 0 Å². The van der Waals surface area contributed by atoms with Crippen LogP contribution in [0.2, 0.25) is 0 Å². The summed E-state index contributed by atoms with van der Waals surface area (Å²) < 4.78 is 13.6. The lowest BCUT2D eigenvalue weighted by molar-refractivity contribution is 0.220. The quantitative estimate of drug-likeness (QED) is 0.815. The van der Waals surface area contributed by atoms with Gasteiger partial charge in [0.1, 0.15) is 11.9 Å². The van der Waals surface area contributed by atoms with Gasteiger partial charge in [-0.15, -0.1) is 0 Å². The van der Waals surface area contributed by atoms with E-state index in [0.717, 1.165) is 12.0 Å².